The minimum Gasteiger partial charge on any atom is -0.462 e. The normalized spacial score (nSPS) is 22.8. The van der Waals surface area contributed by atoms with E-state index in [9.17, 15) is 4.79 Å². The zero-order valence-electron chi connectivity index (χ0n) is 9.16. The van der Waals surface area contributed by atoms with Crippen LogP contribution in [0.4, 0.5) is 0 Å². The van der Waals surface area contributed by atoms with Crippen molar-refractivity contribution < 1.29 is 9.53 Å². The predicted octanol–water partition coefficient (Wildman–Crippen LogP) is 1.85. The lowest BCUT2D eigenvalue weighted by molar-refractivity contribution is -0.155. The van der Waals surface area contributed by atoms with Crippen LogP contribution in [-0.4, -0.2) is 18.1 Å². The van der Waals surface area contributed by atoms with Gasteiger partial charge in [0.1, 0.15) is 6.10 Å². The van der Waals surface area contributed by atoms with Crippen molar-refractivity contribution in [2.24, 2.45) is 11.7 Å². The van der Waals surface area contributed by atoms with Crippen LogP contribution < -0.4 is 5.73 Å². The fourth-order valence-corrected chi connectivity index (χ4v) is 1.67. The summed E-state index contributed by atoms with van der Waals surface area (Å²) in [5.74, 6) is -0.316. The van der Waals surface area contributed by atoms with Crippen LogP contribution in [0.15, 0.2) is 0 Å². The van der Waals surface area contributed by atoms with Gasteiger partial charge in [-0.1, -0.05) is 13.3 Å². The Balaban J connectivity index is 2.31. The van der Waals surface area contributed by atoms with Crippen LogP contribution in [0.25, 0.3) is 0 Å². The van der Waals surface area contributed by atoms with Crippen LogP contribution in [0, 0.1) is 5.92 Å². The standard InChI is InChI=1S/C11H21NO2/c1-8(9(2)12)11(13)14-10-6-4-3-5-7-10/h8-10H,3-7,12H2,1-2H3. The van der Waals surface area contributed by atoms with Crippen molar-refractivity contribution in [3.63, 3.8) is 0 Å². The SMILES string of the molecule is CC(N)C(C)C(=O)OC1CCCCC1. The van der Waals surface area contributed by atoms with Gasteiger partial charge in [-0.25, -0.2) is 0 Å². The smallest absolute Gasteiger partial charge is 0.310 e. The Hall–Kier alpha value is -0.570. The Labute approximate surface area is 86.0 Å². The molecule has 3 nitrogen and oxygen atoms in total. The van der Waals surface area contributed by atoms with E-state index in [1.165, 1.54) is 19.3 Å². The summed E-state index contributed by atoms with van der Waals surface area (Å²) in [7, 11) is 0. The maximum atomic E-state index is 11.6. The first-order chi connectivity index (χ1) is 6.61. The third kappa shape index (κ3) is 3.29. The molecule has 0 radical (unpaired) electrons. The third-order valence-electron chi connectivity index (χ3n) is 3.00. The van der Waals surface area contributed by atoms with Gasteiger partial charge in [0, 0.05) is 6.04 Å². The summed E-state index contributed by atoms with van der Waals surface area (Å²) in [4.78, 5) is 11.6. The Bertz CT molecular complexity index is 186. The van der Waals surface area contributed by atoms with Crippen molar-refractivity contribution in [1.82, 2.24) is 0 Å². The first kappa shape index (κ1) is 11.5. The van der Waals surface area contributed by atoms with E-state index in [-0.39, 0.29) is 24.0 Å². The van der Waals surface area contributed by atoms with Crippen LogP contribution in [0.3, 0.4) is 0 Å². The topological polar surface area (TPSA) is 52.3 Å². The lowest BCUT2D eigenvalue weighted by Crippen LogP contribution is -2.34. The molecule has 0 heterocycles. The monoisotopic (exact) mass is 199 g/mol. The molecule has 1 saturated carbocycles. The number of carbonyl (C=O) groups excluding carboxylic acids is 1. The molecule has 0 aromatic rings. The van der Waals surface area contributed by atoms with Crippen LogP contribution in [0.1, 0.15) is 46.0 Å². The number of carbonyl (C=O) groups is 1. The van der Waals surface area contributed by atoms with E-state index in [1.54, 1.807) is 0 Å². The fraction of sp³-hybridized carbons (Fsp3) is 0.909. The van der Waals surface area contributed by atoms with Gasteiger partial charge in [-0.15, -0.1) is 0 Å². The second-order valence-corrected chi connectivity index (χ2v) is 4.34. The summed E-state index contributed by atoms with van der Waals surface area (Å²) in [6.07, 6.45) is 5.85. The molecular weight excluding hydrogens is 178 g/mol. The Kier molecular flexibility index (Phi) is 4.39. The zero-order valence-corrected chi connectivity index (χ0v) is 9.16. The molecule has 1 aliphatic rings. The molecule has 2 N–H and O–H groups in total. The van der Waals surface area contributed by atoms with Crippen molar-refractivity contribution in [2.45, 2.75) is 58.1 Å². The average Bonchev–Trinajstić information content (AvgIpc) is 2.18. The lowest BCUT2D eigenvalue weighted by atomic mass is 9.97. The molecule has 1 fully saturated rings. The number of hydrogen-bond donors (Lipinski definition) is 1. The van der Waals surface area contributed by atoms with E-state index in [4.69, 9.17) is 10.5 Å². The highest BCUT2D eigenvalue weighted by atomic mass is 16.5. The van der Waals surface area contributed by atoms with Gasteiger partial charge in [-0.2, -0.15) is 0 Å². The van der Waals surface area contributed by atoms with E-state index < -0.39 is 0 Å². The van der Waals surface area contributed by atoms with Crippen molar-refractivity contribution >= 4 is 5.97 Å². The summed E-state index contributed by atoms with van der Waals surface area (Å²) >= 11 is 0. The van der Waals surface area contributed by atoms with Crippen molar-refractivity contribution in [3.05, 3.63) is 0 Å². The molecule has 0 bridgehead atoms. The molecule has 0 aromatic heterocycles. The van der Waals surface area contributed by atoms with Crippen molar-refractivity contribution in [1.29, 1.82) is 0 Å². The molecule has 3 heteroatoms. The first-order valence-electron chi connectivity index (χ1n) is 5.57. The summed E-state index contributed by atoms with van der Waals surface area (Å²) in [6, 6.07) is -0.119. The first-order valence-corrected chi connectivity index (χ1v) is 5.57. The van der Waals surface area contributed by atoms with E-state index in [1.807, 2.05) is 13.8 Å². The number of hydrogen-bond acceptors (Lipinski definition) is 3. The van der Waals surface area contributed by atoms with Crippen molar-refractivity contribution in [3.8, 4) is 0 Å². The summed E-state index contributed by atoms with van der Waals surface area (Å²) in [5, 5.41) is 0. The summed E-state index contributed by atoms with van der Waals surface area (Å²) in [5.41, 5.74) is 5.64. The van der Waals surface area contributed by atoms with Gasteiger partial charge in [0.2, 0.25) is 0 Å². The lowest BCUT2D eigenvalue weighted by Gasteiger charge is -2.24. The Morgan fingerprint density at radius 2 is 1.86 bits per heavy atom. The van der Waals surface area contributed by atoms with Gasteiger partial charge >= 0.3 is 5.97 Å². The molecule has 82 valence electrons. The van der Waals surface area contributed by atoms with E-state index in [2.05, 4.69) is 0 Å². The van der Waals surface area contributed by atoms with Gasteiger partial charge in [-0.3, -0.25) is 4.79 Å². The van der Waals surface area contributed by atoms with Crippen molar-refractivity contribution in [2.75, 3.05) is 0 Å². The average molecular weight is 199 g/mol. The largest absolute Gasteiger partial charge is 0.462 e. The number of rotatable bonds is 3. The van der Waals surface area contributed by atoms with E-state index in [0.717, 1.165) is 12.8 Å². The highest BCUT2D eigenvalue weighted by molar-refractivity contribution is 5.72. The maximum Gasteiger partial charge on any atom is 0.310 e. The van der Waals surface area contributed by atoms with Gasteiger partial charge in [0.25, 0.3) is 0 Å². The molecule has 0 aromatic carbocycles. The van der Waals surface area contributed by atoms with E-state index in [0.29, 0.717) is 0 Å². The van der Waals surface area contributed by atoms with Crippen LogP contribution in [0.5, 0.6) is 0 Å². The van der Waals surface area contributed by atoms with Crippen LogP contribution in [0.2, 0.25) is 0 Å². The van der Waals surface area contributed by atoms with E-state index >= 15 is 0 Å². The minimum atomic E-state index is -0.183. The molecule has 1 rings (SSSR count). The number of nitrogens with two attached hydrogens (primary N) is 1. The summed E-state index contributed by atoms with van der Waals surface area (Å²) < 4.78 is 5.40. The second-order valence-electron chi connectivity index (χ2n) is 4.34. The molecule has 0 spiro atoms. The Morgan fingerprint density at radius 3 is 2.36 bits per heavy atom. The molecule has 0 aliphatic heterocycles. The highest BCUT2D eigenvalue weighted by Crippen LogP contribution is 2.21. The molecule has 2 atom stereocenters. The third-order valence-corrected chi connectivity index (χ3v) is 3.00. The second kappa shape index (κ2) is 5.35. The molecular formula is C11H21NO2. The zero-order chi connectivity index (χ0) is 10.6. The molecule has 1 aliphatic carbocycles. The molecule has 0 amide bonds. The Morgan fingerprint density at radius 1 is 1.29 bits per heavy atom. The van der Waals surface area contributed by atoms with Crippen LogP contribution in [-0.2, 0) is 9.53 Å². The van der Waals surface area contributed by atoms with Gasteiger partial charge < -0.3 is 10.5 Å². The fourth-order valence-electron chi connectivity index (χ4n) is 1.67. The van der Waals surface area contributed by atoms with Gasteiger partial charge in [-0.05, 0) is 32.6 Å². The number of esters is 1. The minimum absolute atomic E-state index is 0.119. The summed E-state index contributed by atoms with van der Waals surface area (Å²) in [6.45, 7) is 3.67. The number of ether oxygens (including phenoxy) is 1. The maximum absolute atomic E-state index is 11.6. The highest BCUT2D eigenvalue weighted by Gasteiger charge is 2.23. The predicted molar refractivity (Wildman–Crippen MR) is 55.8 cm³/mol. The molecule has 2 unspecified atom stereocenters. The van der Waals surface area contributed by atoms with Gasteiger partial charge in [0.05, 0.1) is 5.92 Å². The van der Waals surface area contributed by atoms with Crippen LogP contribution >= 0.6 is 0 Å². The van der Waals surface area contributed by atoms with Gasteiger partial charge in [0.15, 0.2) is 0 Å². The molecule has 0 saturated heterocycles. The molecule has 14 heavy (non-hydrogen) atoms. The quantitative estimate of drug-likeness (QED) is 0.706.